The molecule has 4 heteroatoms. The summed E-state index contributed by atoms with van der Waals surface area (Å²) in [6.45, 7) is 3.93. The average molecular weight is 207 g/mol. The summed E-state index contributed by atoms with van der Waals surface area (Å²) in [5, 5.41) is 0. The van der Waals surface area contributed by atoms with Gasteiger partial charge in [-0.2, -0.15) is 0 Å². The molecule has 0 spiro atoms. The molecule has 4 nitrogen and oxygen atoms in total. The van der Waals surface area contributed by atoms with Crippen LogP contribution in [0.4, 0.5) is 5.82 Å². The Kier molecular flexibility index (Phi) is 2.50. The summed E-state index contributed by atoms with van der Waals surface area (Å²) in [5.74, 6) is 2.25. The van der Waals surface area contributed by atoms with E-state index in [9.17, 15) is 4.79 Å². The first-order valence-corrected chi connectivity index (χ1v) is 5.44. The van der Waals surface area contributed by atoms with Crippen molar-refractivity contribution in [1.29, 1.82) is 0 Å². The number of H-pyrrole nitrogens is 1. The summed E-state index contributed by atoms with van der Waals surface area (Å²) < 4.78 is 0. The van der Waals surface area contributed by atoms with Crippen LogP contribution in [0.3, 0.4) is 0 Å². The van der Waals surface area contributed by atoms with E-state index < -0.39 is 0 Å². The van der Waals surface area contributed by atoms with Gasteiger partial charge in [0.1, 0.15) is 11.6 Å². The predicted octanol–water partition coefficient (Wildman–Crippen LogP) is 1.56. The third-order valence-electron chi connectivity index (χ3n) is 3.29. The summed E-state index contributed by atoms with van der Waals surface area (Å²) in [4.78, 5) is 18.6. The molecule has 2 atom stereocenters. The van der Waals surface area contributed by atoms with E-state index in [4.69, 9.17) is 5.73 Å². The third kappa shape index (κ3) is 1.89. The Morgan fingerprint density at radius 3 is 2.73 bits per heavy atom. The number of rotatable bonds is 1. The molecule has 15 heavy (non-hydrogen) atoms. The van der Waals surface area contributed by atoms with Crippen molar-refractivity contribution in [2.24, 2.45) is 5.92 Å². The molecule has 1 aromatic heterocycles. The van der Waals surface area contributed by atoms with Crippen LogP contribution in [-0.4, -0.2) is 9.97 Å². The summed E-state index contributed by atoms with van der Waals surface area (Å²) in [7, 11) is 0. The lowest BCUT2D eigenvalue weighted by Crippen LogP contribution is -2.18. The molecule has 1 aliphatic rings. The van der Waals surface area contributed by atoms with Crippen molar-refractivity contribution in [3.8, 4) is 0 Å². The minimum atomic E-state index is -0.1000. The fraction of sp³-hybridized carbons (Fsp3) is 0.636. The predicted molar refractivity (Wildman–Crippen MR) is 59.8 cm³/mol. The fourth-order valence-corrected chi connectivity index (χ4v) is 2.22. The van der Waals surface area contributed by atoms with E-state index in [1.54, 1.807) is 6.92 Å². The summed E-state index contributed by atoms with van der Waals surface area (Å²) >= 11 is 0. The second kappa shape index (κ2) is 3.68. The summed E-state index contributed by atoms with van der Waals surface area (Å²) in [6, 6.07) is 0. The molecule has 2 rings (SSSR count). The van der Waals surface area contributed by atoms with Crippen molar-refractivity contribution in [2.45, 2.75) is 39.0 Å². The highest BCUT2D eigenvalue weighted by Gasteiger charge is 2.25. The van der Waals surface area contributed by atoms with E-state index in [2.05, 4.69) is 16.9 Å². The normalized spacial score (nSPS) is 25.7. The second-order valence-corrected chi connectivity index (χ2v) is 4.58. The zero-order valence-corrected chi connectivity index (χ0v) is 9.21. The molecule has 82 valence electrons. The molecule has 0 aliphatic heterocycles. The van der Waals surface area contributed by atoms with Gasteiger partial charge >= 0.3 is 0 Å². The number of aromatic nitrogens is 2. The number of anilines is 1. The Morgan fingerprint density at radius 2 is 2.20 bits per heavy atom. The molecule has 0 saturated heterocycles. The lowest BCUT2D eigenvalue weighted by molar-refractivity contribution is 0.584. The Morgan fingerprint density at radius 1 is 1.47 bits per heavy atom. The van der Waals surface area contributed by atoms with Gasteiger partial charge in [-0.1, -0.05) is 6.92 Å². The number of hydrogen-bond donors (Lipinski definition) is 2. The van der Waals surface area contributed by atoms with Gasteiger partial charge in [0.15, 0.2) is 0 Å². The van der Waals surface area contributed by atoms with E-state index in [1.165, 1.54) is 6.42 Å². The molecule has 0 radical (unpaired) electrons. The van der Waals surface area contributed by atoms with Crippen molar-refractivity contribution in [2.75, 3.05) is 5.73 Å². The number of nitrogens with one attached hydrogen (secondary N) is 1. The van der Waals surface area contributed by atoms with E-state index in [-0.39, 0.29) is 5.56 Å². The first kappa shape index (κ1) is 10.2. The van der Waals surface area contributed by atoms with Crippen LogP contribution in [0, 0.1) is 12.8 Å². The van der Waals surface area contributed by atoms with Gasteiger partial charge in [0.05, 0.1) is 5.56 Å². The molecule has 1 aliphatic carbocycles. The Bertz CT molecular complexity index is 424. The molecule has 0 aromatic carbocycles. The van der Waals surface area contributed by atoms with Crippen LogP contribution in [0.1, 0.15) is 43.5 Å². The molecular formula is C11H17N3O. The molecule has 0 amide bonds. The van der Waals surface area contributed by atoms with Crippen molar-refractivity contribution in [1.82, 2.24) is 9.97 Å². The van der Waals surface area contributed by atoms with Crippen LogP contribution >= 0.6 is 0 Å². The number of nitrogen functional groups attached to an aromatic ring is 1. The molecule has 1 aromatic rings. The minimum absolute atomic E-state index is 0.1000. The van der Waals surface area contributed by atoms with Crippen molar-refractivity contribution in [3.05, 3.63) is 21.7 Å². The molecule has 1 heterocycles. The zero-order valence-electron chi connectivity index (χ0n) is 9.21. The maximum absolute atomic E-state index is 11.5. The minimum Gasteiger partial charge on any atom is -0.383 e. The molecule has 1 saturated carbocycles. The van der Waals surface area contributed by atoms with Gasteiger partial charge in [-0.05, 0) is 32.1 Å². The SMILES string of the molecule is Cc1c(N)nc(C2CCC(C)C2)[nH]c1=O. The first-order valence-electron chi connectivity index (χ1n) is 5.44. The van der Waals surface area contributed by atoms with Gasteiger partial charge in [0.25, 0.3) is 5.56 Å². The maximum Gasteiger partial charge on any atom is 0.255 e. The number of nitrogens with zero attached hydrogens (tertiary/aromatic N) is 1. The van der Waals surface area contributed by atoms with E-state index in [0.717, 1.165) is 24.6 Å². The second-order valence-electron chi connectivity index (χ2n) is 4.58. The molecule has 2 unspecified atom stereocenters. The van der Waals surface area contributed by atoms with Crippen LogP contribution in [0.25, 0.3) is 0 Å². The van der Waals surface area contributed by atoms with Gasteiger partial charge in [-0.3, -0.25) is 4.79 Å². The molecule has 1 fully saturated rings. The van der Waals surface area contributed by atoms with Crippen LogP contribution in [0.2, 0.25) is 0 Å². The van der Waals surface area contributed by atoms with E-state index >= 15 is 0 Å². The largest absolute Gasteiger partial charge is 0.383 e. The van der Waals surface area contributed by atoms with Crippen LogP contribution in [0.15, 0.2) is 4.79 Å². The molecule has 0 bridgehead atoms. The smallest absolute Gasteiger partial charge is 0.255 e. The number of nitrogens with two attached hydrogens (primary N) is 1. The average Bonchev–Trinajstić information content (AvgIpc) is 2.60. The molecular weight excluding hydrogens is 190 g/mol. The van der Waals surface area contributed by atoms with Gasteiger partial charge < -0.3 is 10.7 Å². The highest BCUT2D eigenvalue weighted by Crippen LogP contribution is 2.36. The van der Waals surface area contributed by atoms with Crippen molar-refractivity contribution in [3.63, 3.8) is 0 Å². The monoisotopic (exact) mass is 207 g/mol. The lowest BCUT2D eigenvalue weighted by Gasteiger charge is -2.09. The maximum atomic E-state index is 11.5. The molecule has 3 N–H and O–H groups in total. The number of aromatic amines is 1. The quantitative estimate of drug-likeness (QED) is 0.734. The van der Waals surface area contributed by atoms with Crippen LogP contribution in [-0.2, 0) is 0 Å². The highest BCUT2D eigenvalue weighted by atomic mass is 16.1. The Hall–Kier alpha value is -1.32. The highest BCUT2D eigenvalue weighted by molar-refractivity contribution is 5.36. The zero-order chi connectivity index (χ0) is 11.0. The third-order valence-corrected chi connectivity index (χ3v) is 3.29. The van der Waals surface area contributed by atoms with Crippen LogP contribution < -0.4 is 11.3 Å². The Balaban J connectivity index is 2.34. The van der Waals surface area contributed by atoms with Crippen molar-refractivity contribution < 1.29 is 0 Å². The first-order chi connectivity index (χ1) is 7.08. The topological polar surface area (TPSA) is 71.8 Å². The van der Waals surface area contributed by atoms with Crippen LogP contribution in [0.5, 0.6) is 0 Å². The summed E-state index contributed by atoms with van der Waals surface area (Å²) in [6.07, 6.45) is 3.42. The van der Waals surface area contributed by atoms with Gasteiger partial charge in [-0.25, -0.2) is 4.98 Å². The lowest BCUT2D eigenvalue weighted by atomic mass is 10.1. The standard InChI is InChI=1S/C11H17N3O/c1-6-3-4-8(5-6)10-13-9(12)7(2)11(15)14-10/h6,8H,3-5H2,1-2H3,(H3,12,13,14,15). The van der Waals surface area contributed by atoms with Gasteiger partial charge in [0.2, 0.25) is 0 Å². The number of hydrogen-bond acceptors (Lipinski definition) is 3. The fourth-order valence-electron chi connectivity index (χ4n) is 2.22. The van der Waals surface area contributed by atoms with Gasteiger partial charge in [-0.15, -0.1) is 0 Å². The van der Waals surface area contributed by atoms with Crippen molar-refractivity contribution >= 4 is 5.82 Å². The summed E-state index contributed by atoms with van der Waals surface area (Å²) in [5.41, 5.74) is 6.11. The van der Waals surface area contributed by atoms with Gasteiger partial charge in [0, 0.05) is 5.92 Å². The van der Waals surface area contributed by atoms with E-state index in [1.807, 2.05) is 0 Å². The van der Waals surface area contributed by atoms with E-state index in [0.29, 0.717) is 17.3 Å². The Labute approximate surface area is 88.9 Å².